The van der Waals surface area contributed by atoms with Crippen LogP contribution in [0.15, 0.2) is 48.7 Å². The van der Waals surface area contributed by atoms with Gasteiger partial charge in [0.1, 0.15) is 5.82 Å². The molecule has 0 N–H and O–H groups in total. The number of alkyl halides is 3. The lowest BCUT2D eigenvalue weighted by atomic mass is 9.98. The molecule has 3 aromatic heterocycles. The van der Waals surface area contributed by atoms with Crippen LogP contribution < -0.4 is 4.90 Å². The molecule has 41 heavy (non-hydrogen) atoms. The number of carbonyl (C=O) groups excluding carboxylic acids is 1. The first kappa shape index (κ1) is 28.5. The van der Waals surface area contributed by atoms with Crippen LogP contribution in [0, 0.1) is 0 Å². The number of hydrogen-bond donors (Lipinski definition) is 0. The molecule has 4 aromatic rings. The number of fused-ring (bicyclic) bond motifs is 1. The van der Waals surface area contributed by atoms with Gasteiger partial charge in [0.25, 0.3) is 0 Å². The van der Waals surface area contributed by atoms with Crippen molar-refractivity contribution in [2.24, 2.45) is 0 Å². The van der Waals surface area contributed by atoms with Gasteiger partial charge in [0.05, 0.1) is 28.9 Å². The molecule has 0 unspecified atom stereocenters. The van der Waals surface area contributed by atoms with Crippen molar-refractivity contribution in [3.05, 3.63) is 65.6 Å². The van der Waals surface area contributed by atoms with E-state index in [2.05, 4.69) is 9.88 Å². The Bertz CT molecular complexity index is 1540. The summed E-state index contributed by atoms with van der Waals surface area (Å²) in [4.78, 5) is 24.3. The van der Waals surface area contributed by atoms with Crippen molar-refractivity contribution in [3.8, 4) is 16.8 Å². The highest BCUT2D eigenvalue weighted by Gasteiger charge is 2.31. The Morgan fingerprint density at radius 3 is 2.56 bits per heavy atom. The molecule has 0 saturated carbocycles. The molecule has 0 amide bonds. The van der Waals surface area contributed by atoms with Crippen LogP contribution in [0.25, 0.3) is 27.8 Å². The van der Waals surface area contributed by atoms with Crippen LogP contribution >= 0.6 is 0 Å². The number of hydrogen-bond acceptors (Lipinski definition) is 7. The van der Waals surface area contributed by atoms with E-state index < -0.39 is 17.7 Å². The van der Waals surface area contributed by atoms with E-state index >= 15 is 0 Å². The molecular formula is C30H32F3N5O3. The summed E-state index contributed by atoms with van der Waals surface area (Å²) in [5.74, 6) is 0.0770. The molecule has 8 nitrogen and oxygen atoms in total. The second-order valence-electron chi connectivity index (χ2n) is 10.3. The molecule has 1 saturated heterocycles. The zero-order valence-electron chi connectivity index (χ0n) is 23.4. The summed E-state index contributed by atoms with van der Waals surface area (Å²) < 4.78 is 52.8. The van der Waals surface area contributed by atoms with Crippen molar-refractivity contribution in [3.63, 3.8) is 0 Å². The average molecular weight is 568 g/mol. The van der Waals surface area contributed by atoms with Crippen molar-refractivity contribution in [2.45, 2.75) is 51.7 Å². The van der Waals surface area contributed by atoms with Gasteiger partial charge in [-0.3, -0.25) is 0 Å². The van der Waals surface area contributed by atoms with Crippen molar-refractivity contribution in [1.29, 1.82) is 0 Å². The summed E-state index contributed by atoms with van der Waals surface area (Å²) in [6.45, 7) is 7.17. The van der Waals surface area contributed by atoms with E-state index in [-0.39, 0.29) is 29.6 Å². The third-order valence-corrected chi connectivity index (χ3v) is 7.27. The largest absolute Gasteiger partial charge is 0.461 e. The molecule has 5 rings (SSSR count). The third-order valence-electron chi connectivity index (χ3n) is 7.27. The predicted octanol–water partition coefficient (Wildman–Crippen LogP) is 6.42. The van der Waals surface area contributed by atoms with Crippen LogP contribution in [0.5, 0.6) is 0 Å². The van der Waals surface area contributed by atoms with Gasteiger partial charge in [-0.25, -0.2) is 19.4 Å². The molecule has 0 bridgehead atoms. The fourth-order valence-corrected chi connectivity index (χ4v) is 5.09. The second-order valence-corrected chi connectivity index (χ2v) is 10.3. The summed E-state index contributed by atoms with van der Waals surface area (Å²) in [6, 6.07) is 10.7. The number of halogens is 3. The molecule has 1 fully saturated rings. The van der Waals surface area contributed by atoms with Gasteiger partial charge in [-0.05, 0) is 67.6 Å². The summed E-state index contributed by atoms with van der Waals surface area (Å²) in [6.07, 6.45) is -0.957. The molecule has 1 aliphatic rings. The Morgan fingerprint density at radius 1 is 1.17 bits per heavy atom. The highest BCUT2D eigenvalue weighted by atomic mass is 19.4. The van der Waals surface area contributed by atoms with Gasteiger partial charge < -0.3 is 14.4 Å². The van der Waals surface area contributed by atoms with Gasteiger partial charge in [0, 0.05) is 38.1 Å². The predicted molar refractivity (Wildman–Crippen MR) is 149 cm³/mol. The van der Waals surface area contributed by atoms with Crippen LogP contribution in [-0.4, -0.2) is 58.6 Å². The summed E-state index contributed by atoms with van der Waals surface area (Å²) in [5, 5.41) is 5.35. The van der Waals surface area contributed by atoms with E-state index in [1.54, 1.807) is 19.2 Å². The highest BCUT2D eigenvalue weighted by Crippen LogP contribution is 2.37. The molecule has 0 spiro atoms. The number of pyridine rings is 2. The fraction of sp³-hybridized carbons (Fsp3) is 0.400. The lowest BCUT2D eigenvalue weighted by molar-refractivity contribution is -0.137. The Morgan fingerprint density at radius 2 is 1.93 bits per heavy atom. The topological polar surface area (TPSA) is 82.4 Å². The fourth-order valence-electron chi connectivity index (χ4n) is 5.09. The Balaban J connectivity index is 1.68. The number of esters is 1. The van der Waals surface area contributed by atoms with Gasteiger partial charge >= 0.3 is 12.1 Å². The van der Waals surface area contributed by atoms with Crippen molar-refractivity contribution in [1.82, 2.24) is 19.7 Å². The number of aromatic nitrogens is 4. The lowest BCUT2D eigenvalue weighted by Gasteiger charge is -2.32. The maximum Gasteiger partial charge on any atom is 0.416 e. The maximum atomic E-state index is 13.6. The van der Waals surface area contributed by atoms with Gasteiger partial charge in [-0.1, -0.05) is 19.9 Å². The Labute approximate surface area is 236 Å². The maximum absolute atomic E-state index is 13.6. The minimum absolute atomic E-state index is 0.0289. The minimum Gasteiger partial charge on any atom is -0.461 e. The van der Waals surface area contributed by atoms with Crippen LogP contribution in [-0.2, 0) is 15.7 Å². The summed E-state index contributed by atoms with van der Waals surface area (Å²) >= 11 is 0. The first-order chi connectivity index (χ1) is 19.6. The molecule has 1 aliphatic heterocycles. The quantitative estimate of drug-likeness (QED) is 0.239. The molecule has 0 radical (unpaired) electrons. The lowest BCUT2D eigenvalue weighted by Crippen LogP contribution is -2.37. The van der Waals surface area contributed by atoms with E-state index in [0.29, 0.717) is 35.9 Å². The number of benzene rings is 1. The van der Waals surface area contributed by atoms with Gasteiger partial charge in [-0.15, -0.1) is 0 Å². The average Bonchev–Trinajstić information content (AvgIpc) is 3.37. The van der Waals surface area contributed by atoms with E-state index in [1.165, 1.54) is 16.8 Å². The number of anilines is 1. The molecule has 0 atom stereocenters. The molecule has 216 valence electrons. The Kier molecular flexibility index (Phi) is 7.99. The Hall–Kier alpha value is -3.99. The van der Waals surface area contributed by atoms with Crippen LogP contribution in [0.3, 0.4) is 0 Å². The second kappa shape index (κ2) is 11.5. The summed E-state index contributed by atoms with van der Waals surface area (Å²) in [5.41, 5.74) is 1.67. The van der Waals surface area contributed by atoms with Gasteiger partial charge in [0.2, 0.25) is 0 Å². The molecule has 0 aliphatic carbocycles. The number of rotatable bonds is 7. The van der Waals surface area contributed by atoms with Crippen LogP contribution in [0.1, 0.15) is 61.3 Å². The third kappa shape index (κ3) is 5.76. The zero-order chi connectivity index (χ0) is 29.3. The summed E-state index contributed by atoms with van der Waals surface area (Å²) in [7, 11) is 2.01. The molecule has 11 heteroatoms. The monoisotopic (exact) mass is 567 g/mol. The first-order valence-electron chi connectivity index (χ1n) is 13.6. The van der Waals surface area contributed by atoms with E-state index in [9.17, 15) is 18.0 Å². The number of nitrogens with zero attached hydrogens (tertiary/aromatic N) is 5. The van der Waals surface area contributed by atoms with Gasteiger partial charge in [0.15, 0.2) is 11.3 Å². The van der Waals surface area contributed by atoms with E-state index in [4.69, 9.17) is 19.6 Å². The number of carbonyl (C=O) groups is 1. The molecule has 4 heterocycles. The highest BCUT2D eigenvalue weighted by molar-refractivity contribution is 6.00. The smallest absolute Gasteiger partial charge is 0.416 e. The van der Waals surface area contributed by atoms with Crippen LogP contribution in [0.4, 0.5) is 19.0 Å². The molecule has 1 aromatic carbocycles. The minimum atomic E-state index is -4.53. The van der Waals surface area contributed by atoms with Crippen molar-refractivity contribution >= 4 is 22.8 Å². The van der Waals surface area contributed by atoms with E-state index in [0.717, 1.165) is 36.4 Å². The SMILES string of the molecule is CCOC(=O)c1cc(-c2ccc(N(C)C3CCOCC3)nc2)c2c(C(C)C)nn(-c3cccc(C(F)(F)F)c3)c2n1. The van der Waals surface area contributed by atoms with E-state index in [1.807, 2.05) is 33.0 Å². The van der Waals surface area contributed by atoms with Crippen LogP contribution in [0.2, 0.25) is 0 Å². The first-order valence-corrected chi connectivity index (χ1v) is 13.6. The molecular weight excluding hydrogens is 535 g/mol. The standard InChI is InChI=1S/C30H32F3N5O3/c1-5-41-29(39)24-16-23(19-9-10-25(34-17-19)37(4)21-11-13-40-14-12-21)26-27(18(2)3)36-38(28(26)35-24)22-8-6-7-20(15-22)30(31,32)33/h6-10,15-18,21H,5,11-14H2,1-4H3. The number of ether oxygens (including phenoxy) is 2. The zero-order valence-corrected chi connectivity index (χ0v) is 23.4. The van der Waals surface area contributed by atoms with Crippen molar-refractivity contribution < 1.29 is 27.4 Å². The normalized spacial score (nSPS) is 14.5. The van der Waals surface area contributed by atoms with Crippen molar-refractivity contribution in [2.75, 3.05) is 31.8 Å². The van der Waals surface area contributed by atoms with Gasteiger partial charge in [-0.2, -0.15) is 18.3 Å².